The van der Waals surface area contributed by atoms with Crippen molar-refractivity contribution in [3.8, 4) is 11.5 Å². The van der Waals surface area contributed by atoms with Gasteiger partial charge in [0, 0.05) is 23.6 Å². The summed E-state index contributed by atoms with van der Waals surface area (Å²) in [5, 5.41) is 6.12. The van der Waals surface area contributed by atoms with Crippen molar-refractivity contribution in [2.75, 3.05) is 18.5 Å². The van der Waals surface area contributed by atoms with Crippen LogP contribution in [0.5, 0.6) is 11.5 Å². The molecule has 0 saturated heterocycles. The number of rotatable bonds is 4. The third kappa shape index (κ3) is 4.69. The highest BCUT2D eigenvalue weighted by atomic mass is 35.5. The largest absolute Gasteiger partial charge is 0.489 e. The van der Waals surface area contributed by atoms with Crippen molar-refractivity contribution in [1.29, 1.82) is 0 Å². The number of benzene rings is 2. The summed E-state index contributed by atoms with van der Waals surface area (Å²) in [5.74, 6) is 0.175. The fourth-order valence-corrected chi connectivity index (χ4v) is 3.09. The first-order chi connectivity index (χ1) is 13.3. The smallest absolute Gasteiger partial charge is 0.255 e. The van der Waals surface area contributed by atoms with Gasteiger partial charge in [0.2, 0.25) is 0 Å². The number of carbonyl (C=O) groups is 2. The number of hydrogen-bond donors (Lipinski definition) is 2. The van der Waals surface area contributed by atoms with E-state index in [1.165, 1.54) is 12.1 Å². The number of hydrogen-bond acceptors (Lipinski definition) is 4. The average molecular weight is 423 g/mol. The Kier molecular flexibility index (Phi) is 6.31. The van der Waals surface area contributed by atoms with E-state index in [1.54, 1.807) is 18.2 Å². The van der Waals surface area contributed by atoms with E-state index in [4.69, 9.17) is 32.7 Å². The third-order valence-corrected chi connectivity index (χ3v) is 4.57. The zero-order chi connectivity index (χ0) is 20.3. The van der Waals surface area contributed by atoms with Gasteiger partial charge in [0.25, 0.3) is 11.8 Å². The lowest BCUT2D eigenvalue weighted by molar-refractivity contribution is 0.0942. The van der Waals surface area contributed by atoms with E-state index in [0.717, 1.165) is 6.42 Å². The molecule has 0 aliphatic carbocycles. The van der Waals surface area contributed by atoms with Gasteiger partial charge in [0.1, 0.15) is 0 Å². The molecule has 1 aliphatic rings. The summed E-state index contributed by atoms with van der Waals surface area (Å²) in [5.41, 5.74) is 1.01. The summed E-state index contributed by atoms with van der Waals surface area (Å²) < 4.78 is 11.2. The van der Waals surface area contributed by atoms with E-state index in [1.807, 2.05) is 13.8 Å². The maximum atomic E-state index is 12.7. The molecule has 2 N–H and O–H groups in total. The number of nitrogens with one attached hydrogen (secondary N) is 2. The van der Waals surface area contributed by atoms with Gasteiger partial charge in [-0.15, -0.1) is 0 Å². The first-order valence-electron chi connectivity index (χ1n) is 8.86. The lowest BCUT2D eigenvalue weighted by Crippen LogP contribution is -2.30. The van der Waals surface area contributed by atoms with E-state index in [0.29, 0.717) is 51.6 Å². The maximum Gasteiger partial charge on any atom is 0.255 e. The molecule has 0 atom stereocenters. The predicted molar refractivity (Wildman–Crippen MR) is 109 cm³/mol. The molecule has 2 aromatic rings. The quantitative estimate of drug-likeness (QED) is 0.757. The van der Waals surface area contributed by atoms with Crippen molar-refractivity contribution in [1.82, 2.24) is 5.32 Å². The van der Waals surface area contributed by atoms with Crippen LogP contribution in [0, 0.1) is 0 Å². The van der Waals surface area contributed by atoms with Crippen molar-refractivity contribution in [2.45, 2.75) is 26.3 Å². The predicted octanol–water partition coefficient (Wildman–Crippen LogP) is 4.55. The molecule has 6 nitrogen and oxygen atoms in total. The minimum Gasteiger partial charge on any atom is -0.489 e. The van der Waals surface area contributed by atoms with Crippen LogP contribution in [0.3, 0.4) is 0 Å². The normalized spacial score (nSPS) is 13.0. The summed E-state index contributed by atoms with van der Waals surface area (Å²) in [6.07, 6.45) is 0.730. The number of anilines is 1. The van der Waals surface area contributed by atoms with Crippen LogP contribution < -0.4 is 20.1 Å². The van der Waals surface area contributed by atoms with Crippen LogP contribution in [-0.2, 0) is 0 Å². The molecule has 0 spiro atoms. The van der Waals surface area contributed by atoms with Gasteiger partial charge in [0.05, 0.1) is 28.9 Å². The fourth-order valence-electron chi connectivity index (χ4n) is 2.66. The zero-order valence-corrected chi connectivity index (χ0v) is 17.0. The van der Waals surface area contributed by atoms with Crippen LogP contribution in [0.25, 0.3) is 0 Å². The van der Waals surface area contributed by atoms with Gasteiger partial charge in [-0.05, 0) is 44.2 Å². The molecule has 0 bridgehead atoms. The van der Waals surface area contributed by atoms with E-state index in [9.17, 15) is 9.59 Å². The summed E-state index contributed by atoms with van der Waals surface area (Å²) >= 11 is 12.4. The highest BCUT2D eigenvalue weighted by molar-refractivity contribution is 6.34. The summed E-state index contributed by atoms with van der Waals surface area (Å²) in [6, 6.07) is 7.76. The Bertz CT molecular complexity index is 915. The first kappa shape index (κ1) is 20.3. The Morgan fingerprint density at radius 3 is 2.46 bits per heavy atom. The van der Waals surface area contributed by atoms with Crippen LogP contribution in [0.4, 0.5) is 5.69 Å². The van der Waals surface area contributed by atoms with Gasteiger partial charge in [0.15, 0.2) is 11.5 Å². The van der Waals surface area contributed by atoms with Crippen LogP contribution in [0.15, 0.2) is 30.3 Å². The minimum absolute atomic E-state index is 0.00911. The SMILES string of the molecule is CC(C)NC(=O)c1ccc(Cl)c(NC(=O)c2cc(Cl)c3c(c2)OCCCO3)c1. The van der Waals surface area contributed by atoms with Crippen LogP contribution in [0.2, 0.25) is 10.0 Å². The molecule has 0 radical (unpaired) electrons. The van der Waals surface area contributed by atoms with Crippen molar-refractivity contribution in [3.63, 3.8) is 0 Å². The molecular formula is C20H20Cl2N2O4. The topological polar surface area (TPSA) is 76.7 Å². The second-order valence-electron chi connectivity index (χ2n) is 6.61. The summed E-state index contributed by atoms with van der Waals surface area (Å²) in [6.45, 7) is 4.71. The van der Waals surface area contributed by atoms with E-state index < -0.39 is 5.91 Å². The monoisotopic (exact) mass is 422 g/mol. The Morgan fingerprint density at radius 2 is 1.71 bits per heavy atom. The lowest BCUT2D eigenvalue weighted by Gasteiger charge is -2.13. The minimum atomic E-state index is -0.430. The second-order valence-corrected chi connectivity index (χ2v) is 7.43. The number of halogens is 2. The molecule has 0 fully saturated rings. The Balaban J connectivity index is 1.84. The number of ether oxygens (including phenoxy) is 2. The van der Waals surface area contributed by atoms with Crippen molar-refractivity contribution < 1.29 is 19.1 Å². The van der Waals surface area contributed by atoms with E-state index in [-0.39, 0.29) is 11.9 Å². The molecule has 3 rings (SSSR count). The molecule has 2 amide bonds. The van der Waals surface area contributed by atoms with Crippen molar-refractivity contribution in [2.24, 2.45) is 0 Å². The fraction of sp³-hybridized carbons (Fsp3) is 0.300. The van der Waals surface area contributed by atoms with E-state index in [2.05, 4.69) is 10.6 Å². The van der Waals surface area contributed by atoms with Gasteiger partial charge in [-0.2, -0.15) is 0 Å². The third-order valence-electron chi connectivity index (χ3n) is 3.96. The van der Waals surface area contributed by atoms with Crippen LogP contribution >= 0.6 is 23.2 Å². The molecule has 1 heterocycles. The van der Waals surface area contributed by atoms with Gasteiger partial charge in [-0.1, -0.05) is 23.2 Å². The highest BCUT2D eigenvalue weighted by Gasteiger charge is 2.19. The molecule has 0 saturated carbocycles. The Morgan fingerprint density at radius 1 is 0.964 bits per heavy atom. The molecule has 0 aromatic heterocycles. The van der Waals surface area contributed by atoms with Gasteiger partial charge >= 0.3 is 0 Å². The number of carbonyl (C=O) groups excluding carboxylic acids is 2. The van der Waals surface area contributed by atoms with Gasteiger partial charge < -0.3 is 20.1 Å². The van der Waals surface area contributed by atoms with Crippen molar-refractivity contribution >= 4 is 40.7 Å². The van der Waals surface area contributed by atoms with Gasteiger partial charge in [-0.25, -0.2) is 0 Å². The van der Waals surface area contributed by atoms with Crippen LogP contribution in [0.1, 0.15) is 41.0 Å². The molecule has 1 aliphatic heterocycles. The Hall–Kier alpha value is -2.44. The highest BCUT2D eigenvalue weighted by Crippen LogP contribution is 2.38. The molecular weight excluding hydrogens is 403 g/mol. The summed E-state index contributed by atoms with van der Waals surface area (Å²) in [4.78, 5) is 24.9. The zero-order valence-electron chi connectivity index (χ0n) is 15.5. The molecule has 8 heteroatoms. The van der Waals surface area contributed by atoms with E-state index >= 15 is 0 Å². The molecule has 28 heavy (non-hydrogen) atoms. The van der Waals surface area contributed by atoms with Crippen molar-refractivity contribution in [3.05, 3.63) is 51.5 Å². The first-order valence-corrected chi connectivity index (χ1v) is 9.61. The Labute approximate surface area is 173 Å². The number of amides is 2. The van der Waals surface area contributed by atoms with Crippen LogP contribution in [-0.4, -0.2) is 31.1 Å². The molecule has 2 aromatic carbocycles. The number of fused-ring (bicyclic) bond motifs is 1. The maximum absolute atomic E-state index is 12.7. The average Bonchev–Trinajstić information content (AvgIpc) is 2.88. The molecule has 148 valence electrons. The lowest BCUT2D eigenvalue weighted by atomic mass is 10.1. The second kappa shape index (κ2) is 8.71. The van der Waals surface area contributed by atoms with Gasteiger partial charge in [-0.3, -0.25) is 9.59 Å². The molecule has 0 unspecified atom stereocenters. The standard InChI is InChI=1S/C20H20Cl2N2O4/c1-11(2)23-19(25)12-4-5-14(21)16(9-12)24-20(26)13-8-15(22)18-17(10-13)27-6-3-7-28-18/h4-5,8-11H,3,6-7H2,1-2H3,(H,23,25)(H,24,26). The summed E-state index contributed by atoms with van der Waals surface area (Å²) in [7, 11) is 0.